The fourth-order valence-electron chi connectivity index (χ4n) is 1.60. The summed E-state index contributed by atoms with van der Waals surface area (Å²) in [4.78, 5) is 22.8. The maximum Gasteiger partial charge on any atom is 0.247 e. The van der Waals surface area contributed by atoms with Crippen molar-refractivity contribution in [3.63, 3.8) is 0 Å². The molecule has 0 unspecified atom stereocenters. The van der Waals surface area contributed by atoms with E-state index in [0.29, 0.717) is 5.69 Å². The Bertz CT molecular complexity index is 535. The van der Waals surface area contributed by atoms with E-state index in [2.05, 4.69) is 17.2 Å². The molecule has 0 aromatic heterocycles. The van der Waals surface area contributed by atoms with Gasteiger partial charge in [0.25, 0.3) is 0 Å². The highest BCUT2D eigenvalue weighted by molar-refractivity contribution is 5.98. The van der Waals surface area contributed by atoms with Crippen molar-refractivity contribution in [2.45, 2.75) is 32.0 Å². The van der Waals surface area contributed by atoms with Crippen molar-refractivity contribution in [2.24, 2.45) is 0 Å². The molecule has 0 spiro atoms. The Kier molecular flexibility index (Phi) is 6.24. The second-order valence-electron chi connectivity index (χ2n) is 5.49. The number of hydrogen-bond donors (Lipinski definition) is 3. The molecule has 0 bridgehead atoms. The molecule has 1 atom stereocenters. The molecule has 0 aliphatic heterocycles. The average molecular weight is 308 g/mol. The second-order valence-corrected chi connectivity index (χ2v) is 5.49. The molecule has 1 aromatic rings. The lowest BCUT2D eigenvalue weighted by Crippen LogP contribution is -2.42. The summed E-state index contributed by atoms with van der Waals surface area (Å²) < 4.78 is 13.5. The number of nitrogens with one attached hydrogen (secondary N) is 2. The molecule has 0 aliphatic carbocycles. The predicted molar refractivity (Wildman–Crippen MR) is 83.2 cm³/mol. The number of benzene rings is 1. The molecule has 6 heteroatoms. The summed E-state index contributed by atoms with van der Waals surface area (Å²) in [6.45, 7) is 5.81. The molecule has 0 radical (unpaired) electrons. The molecule has 22 heavy (non-hydrogen) atoms. The smallest absolute Gasteiger partial charge is 0.247 e. The van der Waals surface area contributed by atoms with Crippen LogP contribution in [0.2, 0.25) is 0 Å². The van der Waals surface area contributed by atoms with Gasteiger partial charge in [-0.2, -0.15) is 0 Å². The molecule has 0 fully saturated rings. The largest absolute Gasteiger partial charge is 0.387 e. The topological polar surface area (TPSA) is 78.4 Å². The number of amides is 2. The van der Waals surface area contributed by atoms with Gasteiger partial charge in [0.1, 0.15) is 6.17 Å². The number of rotatable bonds is 7. The first kappa shape index (κ1) is 17.8. The maximum absolute atomic E-state index is 13.5. The van der Waals surface area contributed by atoms with Crippen LogP contribution in [0.5, 0.6) is 0 Å². The third-order valence-corrected chi connectivity index (χ3v) is 3.02. The van der Waals surface area contributed by atoms with Gasteiger partial charge < -0.3 is 15.7 Å². The number of carbonyl (C=O) groups excluding carboxylic acids is 2. The van der Waals surface area contributed by atoms with Crippen molar-refractivity contribution in [1.29, 1.82) is 0 Å². The van der Waals surface area contributed by atoms with E-state index >= 15 is 0 Å². The van der Waals surface area contributed by atoms with Crippen LogP contribution in [-0.2, 0) is 16.0 Å². The number of hydrogen-bond acceptors (Lipinski definition) is 3. The van der Waals surface area contributed by atoms with Gasteiger partial charge in [-0.15, -0.1) is 0 Å². The average Bonchev–Trinajstić information content (AvgIpc) is 2.45. The van der Waals surface area contributed by atoms with Gasteiger partial charge in [0.15, 0.2) is 0 Å². The van der Waals surface area contributed by atoms with Gasteiger partial charge in [-0.3, -0.25) is 9.59 Å². The second kappa shape index (κ2) is 7.70. The molecule has 0 saturated carbocycles. The Morgan fingerprint density at radius 1 is 1.36 bits per heavy atom. The van der Waals surface area contributed by atoms with Gasteiger partial charge >= 0.3 is 0 Å². The van der Waals surface area contributed by atoms with Crippen LogP contribution in [0.3, 0.4) is 0 Å². The lowest BCUT2D eigenvalue weighted by Gasteiger charge is -2.22. The zero-order valence-electron chi connectivity index (χ0n) is 12.7. The molecule has 1 aromatic carbocycles. The van der Waals surface area contributed by atoms with Crippen LogP contribution < -0.4 is 10.6 Å². The summed E-state index contributed by atoms with van der Waals surface area (Å²) in [6, 6.07) is 6.72. The first-order valence-electron chi connectivity index (χ1n) is 6.88. The van der Waals surface area contributed by atoms with Crippen molar-refractivity contribution in [3.05, 3.63) is 42.5 Å². The van der Waals surface area contributed by atoms with E-state index in [1.807, 2.05) is 0 Å². The van der Waals surface area contributed by atoms with Crippen molar-refractivity contribution in [3.8, 4) is 0 Å². The van der Waals surface area contributed by atoms with Crippen LogP contribution in [0, 0.1) is 0 Å². The monoisotopic (exact) mass is 308 g/mol. The SMILES string of the molecule is C=CC(=O)Nc1ccc(CC(=O)NC[C@@H](F)C(C)(C)O)cc1. The number of aliphatic hydroxyl groups is 1. The van der Waals surface area contributed by atoms with E-state index in [9.17, 15) is 19.1 Å². The first-order valence-corrected chi connectivity index (χ1v) is 6.88. The van der Waals surface area contributed by atoms with Gasteiger partial charge in [0, 0.05) is 5.69 Å². The molecule has 1 rings (SSSR count). The Morgan fingerprint density at radius 2 is 1.95 bits per heavy atom. The Hall–Kier alpha value is -2.21. The van der Waals surface area contributed by atoms with Gasteiger partial charge in [0.2, 0.25) is 11.8 Å². The van der Waals surface area contributed by atoms with Gasteiger partial charge in [-0.25, -0.2) is 4.39 Å². The summed E-state index contributed by atoms with van der Waals surface area (Å²) in [7, 11) is 0. The fraction of sp³-hybridized carbons (Fsp3) is 0.375. The zero-order chi connectivity index (χ0) is 16.8. The van der Waals surface area contributed by atoms with Crippen LogP contribution in [0.15, 0.2) is 36.9 Å². The molecule has 120 valence electrons. The number of alkyl halides is 1. The number of carbonyl (C=O) groups is 2. The Balaban J connectivity index is 2.48. The zero-order valence-corrected chi connectivity index (χ0v) is 12.7. The van der Waals surface area contributed by atoms with Crippen molar-refractivity contribution < 1.29 is 19.1 Å². The molecular weight excluding hydrogens is 287 g/mol. The Morgan fingerprint density at radius 3 is 2.45 bits per heavy atom. The predicted octanol–water partition coefficient (Wildman–Crippen LogP) is 1.58. The lowest BCUT2D eigenvalue weighted by atomic mass is 10.0. The van der Waals surface area contributed by atoms with E-state index < -0.39 is 11.8 Å². The standard InChI is InChI=1S/C16H21FN2O3/c1-4-14(20)19-12-7-5-11(6-8-12)9-15(21)18-10-13(17)16(2,3)22/h4-8,13,22H,1,9-10H2,2-3H3,(H,18,21)(H,19,20)/t13-/m1/s1. The molecule has 2 amide bonds. The molecule has 0 aliphatic rings. The molecular formula is C16H21FN2O3. The lowest BCUT2D eigenvalue weighted by molar-refractivity contribution is -0.121. The fourth-order valence-corrected chi connectivity index (χ4v) is 1.60. The van der Waals surface area contributed by atoms with E-state index in [-0.39, 0.29) is 24.8 Å². The molecule has 5 nitrogen and oxygen atoms in total. The summed E-state index contributed by atoms with van der Waals surface area (Å²) in [5, 5.41) is 14.5. The van der Waals surface area contributed by atoms with Gasteiger partial charge in [-0.1, -0.05) is 18.7 Å². The maximum atomic E-state index is 13.5. The minimum Gasteiger partial charge on any atom is -0.387 e. The highest BCUT2D eigenvalue weighted by atomic mass is 19.1. The van der Waals surface area contributed by atoms with Crippen molar-refractivity contribution >= 4 is 17.5 Å². The molecule has 0 heterocycles. The van der Waals surface area contributed by atoms with Gasteiger partial charge in [-0.05, 0) is 37.6 Å². The summed E-state index contributed by atoms with van der Waals surface area (Å²) in [5.74, 6) is -0.652. The minimum absolute atomic E-state index is 0.0915. The van der Waals surface area contributed by atoms with Crippen molar-refractivity contribution in [1.82, 2.24) is 5.32 Å². The highest BCUT2D eigenvalue weighted by Gasteiger charge is 2.26. The van der Waals surface area contributed by atoms with E-state index in [1.165, 1.54) is 13.8 Å². The van der Waals surface area contributed by atoms with Gasteiger partial charge in [0.05, 0.1) is 18.6 Å². The highest BCUT2D eigenvalue weighted by Crippen LogP contribution is 2.12. The molecule has 3 N–H and O–H groups in total. The summed E-state index contributed by atoms with van der Waals surface area (Å²) in [5.41, 5.74) is -0.161. The van der Waals surface area contributed by atoms with Crippen LogP contribution in [-0.4, -0.2) is 35.2 Å². The number of halogens is 1. The third kappa shape index (κ3) is 6.05. The summed E-state index contributed by atoms with van der Waals surface area (Å²) >= 11 is 0. The van der Waals surface area contributed by atoms with Crippen molar-refractivity contribution in [2.75, 3.05) is 11.9 Å². The van der Waals surface area contributed by atoms with E-state index in [1.54, 1.807) is 24.3 Å². The number of anilines is 1. The van der Waals surface area contributed by atoms with Crippen LogP contribution >= 0.6 is 0 Å². The normalized spacial score (nSPS) is 12.4. The van der Waals surface area contributed by atoms with Crippen LogP contribution in [0.4, 0.5) is 10.1 Å². The van der Waals surface area contributed by atoms with Crippen LogP contribution in [0.1, 0.15) is 19.4 Å². The van der Waals surface area contributed by atoms with E-state index in [4.69, 9.17) is 0 Å². The quantitative estimate of drug-likeness (QED) is 0.669. The minimum atomic E-state index is -1.53. The first-order chi connectivity index (χ1) is 10.2. The Labute approximate surface area is 129 Å². The third-order valence-electron chi connectivity index (χ3n) is 3.02. The van der Waals surface area contributed by atoms with E-state index in [0.717, 1.165) is 11.6 Å². The molecule has 0 saturated heterocycles. The van der Waals surface area contributed by atoms with Crippen LogP contribution in [0.25, 0.3) is 0 Å². The summed E-state index contributed by atoms with van der Waals surface area (Å²) in [6.07, 6.45) is -0.279.